The molecular formula is C29H19N5O. The summed E-state index contributed by atoms with van der Waals surface area (Å²) in [7, 11) is 0. The summed E-state index contributed by atoms with van der Waals surface area (Å²) < 4.78 is 0. The van der Waals surface area contributed by atoms with Crippen LogP contribution >= 0.6 is 0 Å². The molecule has 1 atom stereocenters. The molecule has 35 heavy (non-hydrogen) atoms. The molecule has 3 aromatic heterocycles. The number of carbonyl (C=O) groups excluding carboxylic acids is 1. The molecule has 0 saturated carbocycles. The number of hydrogen-bond acceptors (Lipinski definition) is 4. The van der Waals surface area contributed by atoms with Gasteiger partial charge in [0.15, 0.2) is 0 Å². The lowest BCUT2D eigenvalue weighted by Gasteiger charge is -2.17. The van der Waals surface area contributed by atoms with E-state index in [0.717, 1.165) is 55.4 Å². The van der Waals surface area contributed by atoms with Crippen LogP contribution in [-0.2, 0) is 0 Å². The Labute approximate surface area is 200 Å². The minimum atomic E-state index is -0.279. The Hall–Kier alpha value is -4.84. The van der Waals surface area contributed by atoms with Gasteiger partial charge in [0.1, 0.15) is 5.82 Å². The third-order valence-electron chi connectivity index (χ3n) is 6.68. The number of hydrogen-bond donors (Lipinski definition) is 2. The summed E-state index contributed by atoms with van der Waals surface area (Å²) in [6.45, 7) is 0. The first-order chi connectivity index (χ1) is 17.3. The molecule has 0 fully saturated rings. The quantitative estimate of drug-likeness (QED) is 0.361. The highest BCUT2D eigenvalue weighted by Gasteiger charge is 2.32. The van der Waals surface area contributed by atoms with Crippen molar-refractivity contribution in [1.29, 1.82) is 0 Å². The third kappa shape index (κ3) is 3.04. The van der Waals surface area contributed by atoms with Gasteiger partial charge in [0, 0.05) is 29.5 Å². The molecule has 7 rings (SSSR count). The van der Waals surface area contributed by atoms with Crippen LogP contribution in [0.3, 0.4) is 0 Å². The standard InChI is InChI=1S/C29H19N5O/c35-29(23-15-31-14-17-6-1-2-7-18(17)23)34-27-20-9-4-3-8-19(20)26-21(27)10-5-11-22(26)28-32-24-12-13-30-16-25(24)33-28/h1-16,27H,(H,32,33)(H,34,35). The zero-order chi connectivity index (χ0) is 23.4. The van der Waals surface area contributed by atoms with Crippen molar-refractivity contribution in [3.8, 4) is 22.5 Å². The molecule has 0 radical (unpaired) electrons. The van der Waals surface area contributed by atoms with E-state index in [2.05, 4.69) is 44.5 Å². The molecule has 6 aromatic rings. The van der Waals surface area contributed by atoms with Crippen molar-refractivity contribution in [2.45, 2.75) is 6.04 Å². The molecular weight excluding hydrogens is 434 g/mol. The van der Waals surface area contributed by atoms with Gasteiger partial charge in [-0.2, -0.15) is 0 Å². The number of nitrogens with zero attached hydrogens (tertiary/aromatic N) is 3. The molecule has 6 heteroatoms. The van der Waals surface area contributed by atoms with Gasteiger partial charge >= 0.3 is 0 Å². The van der Waals surface area contributed by atoms with Crippen LogP contribution < -0.4 is 5.32 Å². The Bertz CT molecular complexity index is 1730. The summed E-state index contributed by atoms with van der Waals surface area (Å²) >= 11 is 0. The first-order valence-electron chi connectivity index (χ1n) is 11.4. The van der Waals surface area contributed by atoms with Gasteiger partial charge < -0.3 is 10.3 Å². The number of H-pyrrole nitrogens is 1. The summed E-state index contributed by atoms with van der Waals surface area (Å²) in [5, 5.41) is 5.11. The first-order valence-corrected chi connectivity index (χ1v) is 11.4. The van der Waals surface area contributed by atoms with Gasteiger partial charge in [0.05, 0.1) is 28.8 Å². The number of pyridine rings is 2. The lowest BCUT2D eigenvalue weighted by atomic mass is 9.98. The number of nitrogens with one attached hydrogen (secondary N) is 2. The van der Waals surface area contributed by atoms with Crippen molar-refractivity contribution in [3.05, 3.63) is 114 Å². The highest BCUT2D eigenvalue weighted by molar-refractivity contribution is 6.07. The Kier molecular flexibility index (Phi) is 4.26. The van der Waals surface area contributed by atoms with E-state index in [1.807, 2.05) is 48.5 Å². The molecule has 0 saturated heterocycles. The Morgan fingerprint density at radius 3 is 2.57 bits per heavy atom. The second kappa shape index (κ2) is 7.60. The molecule has 6 nitrogen and oxygen atoms in total. The SMILES string of the molecule is O=C(NC1c2ccccc2-c2c(-c3nc4ccncc4[nH]3)cccc21)c1cncc2ccccc12. The first kappa shape index (κ1) is 19.6. The maximum atomic E-state index is 13.5. The number of carbonyl (C=O) groups is 1. The maximum Gasteiger partial charge on any atom is 0.254 e. The van der Waals surface area contributed by atoms with Crippen LogP contribution in [0, 0.1) is 0 Å². The minimum Gasteiger partial charge on any atom is -0.341 e. The molecule has 1 aliphatic rings. The molecule has 1 aliphatic carbocycles. The summed E-state index contributed by atoms with van der Waals surface area (Å²) in [5.41, 5.74) is 7.60. The fourth-order valence-electron chi connectivity index (χ4n) is 5.10. The zero-order valence-electron chi connectivity index (χ0n) is 18.6. The number of aromatic amines is 1. The van der Waals surface area contributed by atoms with Crippen LogP contribution in [0.15, 0.2) is 97.6 Å². The van der Waals surface area contributed by atoms with E-state index in [9.17, 15) is 4.79 Å². The maximum absolute atomic E-state index is 13.5. The minimum absolute atomic E-state index is 0.151. The fraction of sp³-hybridized carbons (Fsp3) is 0.0345. The predicted molar refractivity (Wildman–Crippen MR) is 136 cm³/mol. The highest BCUT2D eigenvalue weighted by Crippen LogP contribution is 2.47. The average Bonchev–Trinajstić information content (AvgIpc) is 3.48. The number of imidazole rings is 1. The van der Waals surface area contributed by atoms with Crippen molar-refractivity contribution < 1.29 is 4.79 Å². The fourth-order valence-corrected chi connectivity index (χ4v) is 5.10. The average molecular weight is 454 g/mol. The molecule has 0 bridgehead atoms. The summed E-state index contributed by atoms with van der Waals surface area (Å²) in [4.78, 5) is 30.2. The second-order valence-electron chi connectivity index (χ2n) is 8.65. The normalized spacial score (nSPS) is 14.1. The second-order valence-corrected chi connectivity index (χ2v) is 8.65. The lowest BCUT2D eigenvalue weighted by molar-refractivity contribution is 0.0945. The molecule has 166 valence electrons. The van der Waals surface area contributed by atoms with Crippen LogP contribution in [0.5, 0.6) is 0 Å². The van der Waals surface area contributed by atoms with Crippen molar-refractivity contribution in [2.75, 3.05) is 0 Å². The monoisotopic (exact) mass is 453 g/mol. The predicted octanol–water partition coefficient (Wildman–Crippen LogP) is 5.67. The molecule has 2 N–H and O–H groups in total. The van der Waals surface area contributed by atoms with E-state index in [-0.39, 0.29) is 11.9 Å². The van der Waals surface area contributed by atoms with E-state index < -0.39 is 0 Å². The van der Waals surface area contributed by atoms with Crippen LogP contribution in [0.2, 0.25) is 0 Å². The zero-order valence-corrected chi connectivity index (χ0v) is 18.6. The Balaban J connectivity index is 1.36. The lowest BCUT2D eigenvalue weighted by Crippen LogP contribution is -2.28. The van der Waals surface area contributed by atoms with Crippen LogP contribution in [-0.4, -0.2) is 25.8 Å². The summed E-state index contributed by atoms with van der Waals surface area (Å²) in [5.74, 6) is 0.632. The van der Waals surface area contributed by atoms with Crippen LogP contribution in [0.1, 0.15) is 27.5 Å². The number of benzene rings is 3. The topological polar surface area (TPSA) is 83.6 Å². The molecule has 3 heterocycles. The van der Waals surface area contributed by atoms with E-state index in [1.165, 1.54) is 0 Å². The molecule has 3 aromatic carbocycles. The third-order valence-corrected chi connectivity index (χ3v) is 6.68. The smallest absolute Gasteiger partial charge is 0.254 e. The van der Waals surface area contributed by atoms with E-state index in [4.69, 9.17) is 4.98 Å². The molecule has 1 amide bonds. The van der Waals surface area contributed by atoms with Gasteiger partial charge in [-0.25, -0.2) is 4.98 Å². The summed E-state index contributed by atoms with van der Waals surface area (Å²) in [6, 6.07) is 23.8. The van der Waals surface area contributed by atoms with Gasteiger partial charge in [0.2, 0.25) is 0 Å². The van der Waals surface area contributed by atoms with Crippen molar-refractivity contribution in [3.63, 3.8) is 0 Å². The molecule has 0 spiro atoms. The Morgan fingerprint density at radius 2 is 1.63 bits per heavy atom. The number of amides is 1. The Morgan fingerprint density at radius 1 is 0.800 bits per heavy atom. The number of aromatic nitrogens is 4. The largest absolute Gasteiger partial charge is 0.341 e. The van der Waals surface area contributed by atoms with E-state index in [1.54, 1.807) is 24.8 Å². The van der Waals surface area contributed by atoms with E-state index in [0.29, 0.717) is 5.56 Å². The van der Waals surface area contributed by atoms with Crippen molar-refractivity contribution in [1.82, 2.24) is 25.3 Å². The highest BCUT2D eigenvalue weighted by atomic mass is 16.1. The van der Waals surface area contributed by atoms with Gasteiger partial charge in [-0.1, -0.05) is 66.7 Å². The summed E-state index contributed by atoms with van der Waals surface area (Å²) in [6.07, 6.45) is 6.94. The van der Waals surface area contributed by atoms with Crippen molar-refractivity contribution in [2.24, 2.45) is 0 Å². The van der Waals surface area contributed by atoms with E-state index >= 15 is 0 Å². The van der Waals surface area contributed by atoms with Gasteiger partial charge in [0.25, 0.3) is 5.91 Å². The molecule has 1 unspecified atom stereocenters. The number of fused-ring (bicyclic) bond motifs is 5. The number of rotatable bonds is 3. The molecule has 0 aliphatic heterocycles. The van der Waals surface area contributed by atoms with Crippen molar-refractivity contribution >= 4 is 27.7 Å². The van der Waals surface area contributed by atoms with Gasteiger partial charge in [-0.05, 0) is 33.7 Å². The van der Waals surface area contributed by atoms with Gasteiger partial charge in [-0.3, -0.25) is 14.8 Å². The van der Waals surface area contributed by atoms with Crippen LogP contribution in [0.25, 0.3) is 44.3 Å². The van der Waals surface area contributed by atoms with Crippen LogP contribution in [0.4, 0.5) is 0 Å². The van der Waals surface area contributed by atoms with Gasteiger partial charge in [-0.15, -0.1) is 0 Å².